The predicted octanol–water partition coefficient (Wildman–Crippen LogP) is 0.935. The van der Waals surface area contributed by atoms with E-state index in [0.717, 1.165) is 26.1 Å². The second-order valence-electron chi connectivity index (χ2n) is 6.77. The summed E-state index contributed by atoms with van der Waals surface area (Å²) in [5.41, 5.74) is -0.816. The Hall–Kier alpha value is -0.0700. The molecule has 1 heterocycles. The zero-order valence-corrected chi connectivity index (χ0v) is 14.5. The third kappa shape index (κ3) is 4.96. The van der Waals surface area contributed by atoms with Crippen LogP contribution in [0.4, 0.5) is 0 Å². The highest BCUT2D eigenvalue weighted by Gasteiger charge is 2.37. The molecule has 7 heteroatoms. The molecule has 1 saturated carbocycles. The van der Waals surface area contributed by atoms with Gasteiger partial charge in [-0.15, -0.1) is 23.2 Å². The number of nitrogens with one attached hydrogen (secondary N) is 1. The molecule has 0 aromatic rings. The fourth-order valence-corrected chi connectivity index (χ4v) is 3.93. The standard InChI is InChI=1S/C15H26Cl2N2O3/c1-10(20)18-9-15(22)2-4-19(5-3-15)8-11-6-12(16)13(17)7-14(11)21/h11-14,21-22H,2-9H2,1H3,(H,18,20). The number of amides is 1. The fraction of sp³-hybridized carbons (Fsp3) is 0.933. The van der Waals surface area contributed by atoms with Gasteiger partial charge in [0.1, 0.15) is 0 Å². The topological polar surface area (TPSA) is 72.8 Å². The lowest BCUT2D eigenvalue weighted by atomic mass is 9.84. The lowest BCUT2D eigenvalue weighted by Crippen LogP contribution is -2.52. The number of piperidine rings is 1. The molecule has 0 aromatic heterocycles. The summed E-state index contributed by atoms with van der Waals surface area (Å²) in [7, 11) is 0. The largest absolute Gasteiger partial charge is 0.393 e. The molecule has 5 nitrogen and oxygen atoms in total. The number of aliphatic hydroxyl groups excluding tert-OH is 1. The van der Waals surface area contributed by atoms with Crippen molar-refractivity contribution in [3.8, 4) is 0 Å². The van der Waals surface area contributed by atoms with Crippen LogP contribution in [0.2, 0.25) is 0 Å². The highest BCUT2D eigenvalue weighted by Crippen LogP contribution is 2.33. The molecule has 1 aliphatic carbocycles. The first kappa shape index (κ1) is 18.3. The molecule has 0 aromatic carbocycles. The number of hydrogen-bond acceptors (Lipinski definition) is 4. The van der Waals surface area contributed by atoms with Gasteiger partial charge in [-0.1, -0.05) is 0 Å². The minimum absolute atomic E-state index is 0.0865. The zero-order valence-electron chi connectivity index (χ0n) is 13.0. The lowest BCUT2D eigenvalue weighted by molar-refractivity contribution is -0.120. The molecule has 2 rings (SSSR count). The maximum atomic E-state index is 11.0. The highest BCUT2D eigenvalue weighted by atomic mass is 35.5. The number of halogens is 2. The van der Waals surface area contributed by atoms with Gasteiger partial charge in [0.15, 0.2) is 0 Å². The Bertz CT molecular complexity index is 389. The number of alkyl halides is 2. The number of carbonyl (C=O) groups is 1. The predicted molar refractivity (Wildman–Crippen MR) is 87.3 cm³/mol. The Kier molecular flexibility index (Phi) is 6.37. The average Bonchev–Trinajstić information content (AvgIpc) is 2.45. The van der Waals surface area contributed by atoms with Crippen molar-refractivity contribution in [2.75, 3.05) is 26.2 Å². The third-order valence-corrected chi connectivity index (χ3v) is 5.97. The van der Waals surface area contributed by atoms with E-state index in [4.69, 9.17) is 23.2 Å². The first-order valence-corrected chi connectivity index (χ1v) is 8.82. The second kappa shape index (κ2) is 7.67. The minimum atomic E-state index is -0.816. The molecule has 1 aliphatic heterocycles. The SMILES string of the molecule is CC(=O)NCC1(O)CCN(CC2CC(Cl)C(Cl)CC2O)CC1. The summed E-state index contributed by atoms with van der Waals surface area (Å²) in [6.07, 6.45) is 2.11. The smallest absolute Gasteiger partial charge is 0.216 e. The van der Waals surface area contributed by atoms with E-state index in [9.17, 15) is 15.0 Å². The first-order valence-electron chi connectivity index (χ1n) is 7.94. The maximum Gasteiger partial charge on any atom is 0.216 e. The van der Waals surface area contributed by atoms with Gasteiger partial charge in [-0.2, -0.15) is 0 Å². The number of carbonyl (C=O) groups excluding carboxylic acids is 1. The van der Waals surface area contributed by atoms with Crippen molar-refractivity contribution in [1.29, 1.82) is 0 Å². The van der Waals surface area contributed by atoms with Gasteiger partial charge < -0.3 is 20.4 Å². The van der Waals surface area contributed by atoms with E-state index in [0.29, 0.717) is 25.8 Å². The van der Waals surface area contributed by atoms with Gasteiger partial charge >= 0.3 is 0 Å². The number of hydrogen-bond donors (Lipinski definition) is 3. The van der Waals surface area contributed by atoms with Crippen LogP contribution in [-0.2, 0) is 4.79 Å². The van der Waals surface area contributed by atoms with Gasteiger partial charge in [0, 0.05) is 33.1 Å². The van der Waals surface area contributed by atoms with E-state index in [1.165, 1.54) is 6.92 Å². The summed E-state index contributed by atoms with van der Waals surface area (Å²) >= 11 is 12.3. The van der Waals surface area contributed by atoms with Crippen LogP contribution in [0, 0.1) is 5.92 Å². The number of aliphatic hydroxyl groups is 2. The summed E-state index contributed by atoms with van der Waals surface area (Å²) in [6.45, 7) is 4.06. The van der Waals surface area contributed by atoms with Crippen LogP contribution in [0.3, 0.4) is 0 Å². The summed E-state index contributed by atoms with van der Waals surface area (Å²) in [5.74, 6) is 0.0176. The molecule has 0 radical (unpaired) electrons. The number of rotatable bonds is 4. The molecular formula is C15H26Cl2N2O3. The summed E-state index contributed by atoms with van der Waals surface area (Å²) < 4.78 is 0. The highest BCUT2D eigenvalue weighted by molar-refractivity contribution is 6.30. The fourth-order valence-electron chi connectivity index (χ4n) is 3.31. The molecule has 128 valence electrons. The second-order valence-corrected chi connectivity index (χ2v) is 7.89. The molecule has 0 bridgehead atoms. The van der Waals surface area contributed by atoms with E-state index >= 15 is 0 Å². The van der Waals surface area contributed by atoms with Crippen molar-refractivity contribution in [2.45, 2.75) is 55.1 Å². The van der Waals surface area contributed by atoms with Crippen LogP contribution in [0.5, 0.6) is 0 Å². The summed E-state index contributed by atoms with van der Waals surface area (Å²) in [4.78, 5) is 13.2. The summed E-state index contributed by atoms with van der Waals surface area (Å²) in [6, 6.07) is 0. The Labute approximate surface area is 142 Å². The monoisotopic (exact) mass is 352 g/mol. The Morgan fingerprint density at radius 3 is 2.45 bits per heavy atom. The molecule has 4 atom stereocenters. The van der Waals surface area contributed by atoms with Gasteiger partial charge in [-0.3, -0.25) is 4.79 Å². The quantitative estimate of drug-likeness (QED) is 0.658. The number of likely N-dealkylation sites (tertiary alicyclic amines) is 1. The normalized spacial score (nSPS) is 36.0. The molecule has 4 unspecified atom stereocenters. The van der Waals surface area contributed by atoms with E-state index in [-0.39, 0.29) is 22.6 Å². The van der Waals surface area contributed by atoms with E-state index < -0.39 is 11.7 Å². The third-order valence-electron chi connectivity index (χ3n) is 4.88. The Morgan fingerprint density at radius 2 is 1.86 bits per heavy atom. The van der Waals surface area contributed by atoms with Gasteiger partial charge in [0.05, 0.1) is 22.5 Å². The van der Waals surface area contributed by atoms with E-state index in [1.54, 1.807) is 0 Å². The molecule has 22 heavy (non-hydrogen) atoms. The average molecular weight is 353 g/mol. The van der Waals surface area contributed by atoms with Crippen molar-refractivity contribution in [3.05, 3.63) is 0 Å². The summed E-state index contributed by atoms with van der Waals surface area (Å²) in [5, 5.41) is 23.1. The van der Waals surface area contributed by atoms with Crippen molar-refractivity contribution >= 4 is 29.1 Å². The van der Waals surface area contributed by atoms with Crippen LogP contribution >= 0.6 is 23.2 Å². The van der Waals surface area contributed by atoms with Gasteiger partial charge in [0.2, 0.25) is 5.91 Å². The van der Waals surface area contributed by atoms with Crippen LogP contribution in [-0.4, -0.2) is 69.7 Å². The Morgan fingerprint density at radius 1 is 1.27 bits per heavy atom. The molecule has 1 saturated heterocycles. The van der Waals surface area contributed by atoms with E-state index in [2.05, 4.69) is 10.2 Å². The maximum absolute atomic E-state index is 11.0. The van der Waals surface area contributed by atoms with Crippen molar-refractivity contribution in [1.82, 2.24) is 10.2 Å². The molecule has 2 fully saturated rings. The molecule has 1 amide bonds. The van der Waals surface area contributed by atoms with Gasteiger partial charge in [-0.05, 0) is 31.6 Å². The lowest BCUT2D eigenvalue weighted by Gasteiger charge is -2.42. The minimum Gasteiger partial charge on any atom is -0.393 e. The Balaban J connectivity index is 1.78. The molecule has 0 spiro atoms. The van der Waals surface area contributed by atoms with Gasteiger partial charge in [0.25, 0.3) is 0 Å². The molecule has 2 aliphatic rings. The van der Waals surface area contributed by atoms with Crippen molar-refractivity contribution in [2.24, 2.45) is 5.92 Å². The van der Waals surface area contributed by atoms with Crippen LogP contribution in [0.1, 0.15) is 32.6 Å². The number of nitrogens with zero attached hydrogens (tertiary/aromatic N) is 1. The van der Waals surface area contributed by atoms with Crippen LogP contribution < -0.4 is 5.32 Å². The molecule has 3 N–H and O–H groups in total. The van der Waals surface area contributed by atoms with Crippen molar-refractivity contribution < 1.29 is 15.0 Å². The van der Waals surface area contributed by atoms with E-state index in [1.807, 2.05) is 0 Å². The van der Waals surface area contributed by atoms with Crippen molar-refractivity contribution in [3.63, 3.8) is 0 Å². The molecular weight excluding hydrogens is 327 g/mol. The zero-order chi connectivity index (χ0) is 16.3. The van der Waals surface area contributed by atoms with Crippen LogP contribution in [0.15, 0.2) is 0 Å². The van der Waals surface area contributed by atoms with Gasteiger partial charge in [-0.25, -0.2) is 0 Å². The van der Waals surface area contributed by atoms with Crippen LogP contribution in [0.25, 0.3) is 0 Å². The first-order chi connectivity index (χ1) is 10.3.